The lowest BCUT2D eigenvalue weighted by molar-refractivity contribution is 0.0324. The Morgan fingerprint density at radius 1 is 1.00 bits per heavy atom. The quantitative estimate of drug-likeness (QED) is 0.506. The third kappa shape index (κ3) is 6.19. The predicted molar refractivity (Wildman–Crippen MR) is 142 cm³/mol. The summed E-state index contributed by atoms with van der Waals surface area (Å²) in [6.45, 7) is 7.57. The number of nitrogens with zero attached hydrogens (tertiary/aromatic N) is 4. The first-order valence-corrected chi connectivity index (χ1v) is 13.0. The monoisotopic (exact) mass is 525 g/mol. The first-order chi connectivity index (χ1) is 18.0. The first-order valence-electron chi connectivity index (χ1n) is 12.6. The summed E-state index contributed by atoms with van der Waals surface area (Å²) in [5.41, 5.74) is 3.17. The highest BCUT2D eigenvalue weighted by Crippen LogP contribution is 2.20. The molecule has 3 aromatic rings. The van der Waals surface area contributed by atoms with Gasteiger partial charge in [0.05, 0.1) is 48.7 Å². The summed E-state index contributed by atoms with van der Waals surface area (Å²) >= 11 is 5.96. The van der Waals surface area contributed by atoms with Gasteiger partial charge in [-0.1, -0.05) is 23.7 Å². The number of carbonyl (C=O) groups excluding carboxylic acids is 1. The molecule has 0 atom stereocenters. The molecular weight excluding hydrogens is 494 g/mol. The second-order valence-corrected chi connectivity index (χ2v) is 9.96. The molecule has 37 heavy (non-hydrogen) atoms. The zero-order valence-electron chi connectivity index (χ0n) is 21.0. The molecule has 4 heterocycles. The molecule has 10 heteroatoms. The van der Waals surface area contributed by atoms with Crippen LogP contribution in [-0.4, -0.2) is 77.9 Å². The highest BCUT2D eigenvalue weighted by Gasteiger charge is 2.21. The molecule has 0 spiro atoms. The zero-order chi connectivity index (χ0) is 25.8. The number of ether oxygens (including phenoxy) is 2. The van der Waals surface area contributed by atoms with E-state index >= 15 is 0 Å². The van der Waals surface area contributed by atoms with E-state index in [9.17, 15) is 9.59 Å². The van der Waals surface area contributed by atoms with Crippen molar-refractivity contribution in [2.45, 2.75) is 19.6 Å². The Morgan fingerprint density at radius 2 is 1.62 bits per heavy atom. The van der Waals surface area contributed by atoms with Crippen molar-refractivity contribution < 1.29 is 14.3 Å². The van der Waals surface area contributed by atoms with E-state index in [-0.39, 0.29) is 11.0 Å². The van der Waals surface area contributed by atoms with Gasteiger partial charge >= 0.3 is 0 Å². The summed E-state index contributed by atoms with van der Waals surface area (Å²) in [5.74, 6) is -0.404. The zero-order valence-corrected chi connectivity index (χ0v) is 21.8. The van der Waals surface area contributed by atoms with E-state index in [2.05, 4.69) is 15.1 Å². The van der Waals surface area contributed by atoms with E-state index in [1.807, 2.05) is 29.8 Å². The normalized spacial score (nSPS) is 17.2. The van der Waals surface area contributed by atoms with Crippen LogP contribution >= 0.6 is 11.6 Å². The van der Waals surface area contributed by atoms with Crippen LogP contribution in [0.25, 0.3) is 10.9 Å². The number of morpholine rings is 2. The lowest BCUT2D eigenvalue weighted by atomic mass is 10.1. The third-order valence-corrected chi connectivity index (χ3v) is 7.11. The molecule has 2 fully saturated rings. The summed E-state index contributed by atoms with van der Waals surface area (Å²) in [4.78, 5) is 36.4. The lowest BCUT2D eigenvalue weighted by Gasteiger charge is -2.28. The fraction of sp³-hybridized carbons (Fsp3) is 0.444. The molecular formula is C27H32ClN5O4. The molecule has 2 aliphatic rings. The Labute approximate surface area is 220 Å². The molecule has 0 unspecified atom stereocenters. The van der Waals surface area contributed by atoms with Crippen LogP contribution in [0.3, 0.4) is 0 Å². The maximum atomic E-state index is 13.7. The maximum absolute atomic E-state index is 13.7. The highest BCUT2D eigenvalue weighted by atomic mass is 35.5. The highest BCUT2D eigenvalue weighted by molar-refractivity contribution is 6.30. The molecule has 1 N–H and O–H groups in total. The maximum Gasteiger partial charge on any atom is 0.257 e. The average Bonchev–Trinajstić information content (AvgIpc) is 2.91. The minimum Gasteiger partial charge on any atom is -0.379 e. The number of rotatable bonds is 7. The molecule has 196 valence electrons. The van der Waals surface area contributed by atoms with Crippen molar-refractivity contribution in [3.63, 3.8) is 0 Å². The van der Waals surface area contributed by atoms with Crippen LogP contribution in [0.2, 0.25) is 5.02 Å². The van der Waals surface area contributed by atoms with Gasteiger partial charge in [0.25, 0.3) is 5.91 Å². The van der Waals surface area contributed by atoms with Crippen LogP contribution in [0.1, 0.15) is 27.3 Å². The minimum atomic E-state index is -0.404. The van der Waals surface area contributed by atoms with Crippen molar-refractivity contribution in [2.75, 3.05) is 52.6 Å². The fourth-order valence-corrected chi connectivity index (χ4v) is 5.00. The summed E-state index contributed by atoms with van der Waals surface area (Å²) in [7, 11) is 1.86. The Kier molecular flexibility index (Phi) is 8.17. The summed E-state index contributed by atoms with van der Waals surface area (Å²) in [6, 6.07) is 9.10. The number of pyridine rings is 2. The molecule has 5 rings (SSSR count). The largest absolute Gasteiger partial charge is 0.379 e. The SMILES string of the molecule is Cn1cc(C(=O)NCc2ccc(Cl)cc2)c(=O)c2cc(CN3CCOCC3)nc(CN3CCOCC3)c21. The van der Waals surface area contributed by atoms with E-state index in [1.165, 1.54) is 0 Å². The van der Waals surface area contributed by atoms with E-state index in [0.717, 1.165) is 48.6 Å². The van der Waals surface area contributed by atoms with E-state index in [4.69, 9.17) is 26.1 Å². The number of fused-ring (bicyclic) bond motifs is 1. The Morgan fingerprint density at radius 3 is 2.27 bits per heavy atom. The van der Waals surface area contributed by atoms with Gasteiger partial charge in [-0.3, -0.25) is 24.4 Å². The smallest absolute Gasteiger partial charge is 0.257 e. The van der Waals surface area contributed by atoms with Crippen molar-refractivity contribution in [2.24, 2.45) is 7.05 Å². The van der Waals surface area contributed by atoms with Gasteiger partial charge in [0, 0.05) is 64.1 Å². The predicted octanol–water partition coefficient (Wildman–Crippen LogP) is 2.18. The number of amides is 1. The molecule has 0 saturated carbocycles. The van der Waals surface area contributed by atoms with Gasteiger partial charge in [0.2, 0.25) is 5.43 Å². The summed E-state index contributed by atoms with van der Waals surface area (Å²) in [5, 5.41) is 4.02. The number of halogens is 1. The minimum absolute atomic E-state index is 0.116. The molecule has 2 aromatic heterocycles. The first kappa shape index (κ1) is 25.8. The molecule has 1 aromatic carbocycles. The third-order valence-electron chi connectivity index (χ3n) is 6.86. The van der Waals surface area contributed by atoms with Crippen LogP contribution in [0.4, 0.5) is 0 Å². The van der Waals surface area contributed by atoms with Gasteiger partial charge in [0.15, 0.2) is 0 Å². The van der Waals surface area contributed by atoms with Crippen molar-refractivity contribution in [3.8, 4) is 0 Å². The van der Waals surface area contributed by atoms with Crippen molar-refractivity contribution >= 4 is 28.4 Å². The van der Waals surface area contributed by atoms with Crippen molar-refractivity contribution in [1.82, 2.24) is 24.7 Å². The number of nitrogens with one attached hydrogen (secondary N) is 1. The molecule has 1 amide bonds. The van der Waals surface area contributed by atoms with Gasteiger partial charge in [0.1, 0.15) is 5.56 Å². The lowest BCUT2D eigenvalue weighted by Crippen LogP contribution is -2.37. The van der Waals surface area contributed by atoms with Crippen LogP contribution in [0, 0.1) is 0 Å². The molecule has 9 nitrogen and oxygen atoms in total. The second-order valence-electron chi connectivity index (χ2n) is 9.53. The molecule has 2 aliphatic heterocycles. The van der Waals surface area contributed by atoms with Crippen LogP contribution in [0.5, 0.6) is 0 Å². The second kappa shape index (κ2) is 11.7. The van der Waals surface area contributed by atoms with Gasteiger partial charge in [-0.15, -0.1) is 0 Å². The van der Waals surface area contributed by atoms with Gasteiger partial charge < -0.3 is 19.4 Å². The topological polar surface area (TPSA) is 88.9 Å². The van der Waals surface area contributed by atoms with Crippen LogP contribution in [0.15, 0.2) is 41.3 Å². The van der Waals surface area contributed by atoms with Gasteiger partial charge in [-0.2, -0.15) is 0 Å². The van der Waals surface area contributed by atoms with E-state index < -0.39 is 5.91 Å². The van der Waals surface area contributed by atoms with Crippen LogP contribution in [-0.2, 0) is 36.2 Å². The van der Waals surface area contributed by atoms with E-state index in [0.29, 0.717) is 56.5 Å². The molecule has 0 radical (unpaired) electrons. The fourth-order valence-electron chi connectivity index (χ4n) is 4.87. The van der Waals surface area contributed by atoms with Crippen molar-refractivity contribution in [1.29, 1.82) is 0 Å². The average molecular weight is 526 g/mol. The number of hydrogen-bond acceptors (Lipinski definition) is 7. The number of benzene rings is 1. The Bertz CT molecular complexity index is 1320. The Hall–Kier alpha value is -2.82. The molecule has 2 saturated heterocycles. The Balaban J connectivity index is 1.48. The number of aryl methyl sites for hydroxylation is 1. The molecule has 0 aliphatic carbocycles. The van der Waals surface area contributed by atoms with Gasteiger partial charge in [-0.05, 0) is 23.8 Å². The van der Waals surface area contributed by atoms with Crippen LogP contribution < -0.4 is 10.7 Å². The molecule has 0 bridgehead atoms. The van der Waals surface area contributed by atoms with E-state index in [1.54, 1.807) is 18.3 Å². The summed E-state index contributed by atoms with van der Waals surface area (Å²) < 4.78 is 12.8. The van der Waals surface area contributed by atoms with Crippen molar-refractivity contribution in [3.05, 3.63) is 74.3 Å². The standard InChI is InChI=1S/C27H32ClN5O4/c1-31-17-23(27(35)29-15-19-2-4-20(28)5-3-19)26(34)22-14-21(16-32-6-10-36-11-7-32)30-24(25(22)31)18-33-8-12-37-13-9-33/h2-5,14,17H,6-13,15-16,18H2,1H3,(H,29,35). The van der Waals surface area contributed by atoms with Gasteiger partial charge in [-0.25, -0.2) is 0 Å². The number of carbonyl (C=O) groups is 1. The number of aromatic nitrogens is 2. The number of hydrogen-bond donors (Lipinski definition) is 1. The summed E-state index contributed by atoms with van der Waals surface area (Å²) in [6.07, 6.45) is 1.62.